The minimum Gasteiger partial charge on any atom is -0.392 e. The van der Waals surface area contributed by atoms with Crippen LogP contribution < -0.4 is 0 Å². The zero-order valence-corrected chi connectivity index (χ0v) is 9.24. The summed E-state index contributed by atoms with van der Waals surface area (Å²) in [5.74, 6) is 1.06. The fourth-order valence-corrected chi connectivity index (χ4v) is 2.98. The van der Waals surface area contributed by atoms with Gasteiger partial charge in [0.15, 0.2) is 0 Å². The van der Waals surface area contributed by atoms with E-state index in [9.17, 15) is 9.90 Å². The third kappa shape index (κ3) is 2.83. The first kappa shape index (κ1) is 10.7. The predicted molar refractivity (Wildman–Crippen MR) is 61.8 cm³/mol. The van der Waals surface area contributed by atoms with Gasteiger partial charge in [0.05, 0.1) is 6.10 Å². The van der Waals surface area contributed by atoms with Crippen LogP contribution in [0, 0.1) is 0 Å². The lowest BCUT2D eigenvalue weighted by Gasteiger charge is -2.12. The van der Waals surface area contributed by atoms with Crippen LogP contribution in [0.5, 0.6) is 0 Å². The summed E-state index contributed by atoms with van der Waals surface area (Å²) in [6.07, 6.45) is 0.428. The maximum Gasteiger partial charge on any atom is 0.136 e. The quantitative estimate of drug-likeness (QED) is 0.850. The fraction of sp³-hybridized carbons (Fsp3) is 0.417. The lowest BCUT2D eigenvalue weighted by atomic mass is 10.2. The molecule has 0 saturated heterocycles. The Bertz CT molecular complexity index is 337. The molecule has 1 saturated carbocycles. The summed E-state index contributed by atoms with van der Waals surface area (Å²) < 4.78 is 0. The Morgan fingerprint density at radius 3 is 2.60 bits per heavy atom. The Balaban J connectivity index is 1.86. The summed E-state index contributed by atoms with van der Waals surface area (Å²) in [6, 6.07) is 10.1. The van der Waals surface area contributed by atoms with Crippen LogP contribution in [0.15, 0.2) is 30.3 Å². The van der Waals surface area contributed by atoms with E-state index in [0.717, 1.165) is 5.75 Å². The maximum atomic E-state index is 11.1. The number of ketones is 1. The Kier molecular flexibility index (Phi) is 3.44. The second kappa shape index (κ2) is 4.81. The molecule has 0 aromatic heterocycles. The van der Waals surface area contributed by atoms with Crippen molar-refractivity contribution in [1.82, 2.24) is 0 Å². The maximum absolute atomic E-state index is 11.1. The van der Waals surface area contributed by atoms with Gasteiger partial charge in [-0.15, -0.1) is 0 Å². The third-order valence-corrected chi connectivity index (χ3v) is 4.01. The van der Waals surface area contributed by atoms with Crippen LogP contribution in [0.3, 0.4) is 0 Å². The van der Waals surface area contributed by atoms with Gasteiger partial charge >= 0.3 is 0 Å². The van der Waals surface area contributed by atoms with E-state index in [2.05, 4.69) is 12.1 Å². The summed E-state index contributed by atoms with van der Waals surface area (Å²) in [5, 5.41) is 9.69. The third-order valence-electron chi connectivity index (χ3n) is 2.60. The van der Waals surface area contributed by atoms with E-state index in [4.69, 9.17) is 0 Å². The zero-order chi connectivity index (χ0) is 10.7. The molecule has 2 nitrogen and oxygen atoms in total. The first-order valence-electron chi connectivity index (χ1n) is 5.11. The number of carbonyl (C=O) groups excluding carboxylic acids is 1. The summed E-state index contributed by atoms with van der Waals surface area (Å²) in [4.78, 5) is 11.1. The largest absolute Gasteiger partial charge is 0.392 e. The predicted octanol–water partition coefficient (Wildman–Crippen LogP) is 2.01. The molecule has 0 aliphatic heterocycles. The Labute approximate surface area is 93.7 Å². The standard InChI is InChI=1S/C12H14O2S/c13-10-6-11(14)12(7-10)15-8-9-4-2-1-3-5-9/h1-5,11-12,14H,6-8H2/t11-,12+/m0/s1. The van der Waals surface area contributed by atoms with Crippen LogP contribution in [-0.4, -0.2) is 22.2 Å². The van der Waals surface area contributed by atoms with Gasteiger partial charge in [0.25, 0.3) is 0 Å². The van der Waals surface area contributed by atoms with Crippen molar-refractivity contribution in [3.63, 3.8) is 0 Å². The first-order chi connectivity index (χ1) is 7.25. The Morgan fingerprint density at radius 1 is 1.27 bits per heavy atom. The molecule has 0 bridgehead atoms. The van der Waals surface area contributed by atoms with Crippen molar-refractivity contribution in [2.45, 2.75) is 29.9 Å². The molecule has 1 aliphatic carbocycles. The molecule has 0 heterocycles. The number of Topliss-reactive ketones (excluding diaryl/α,β-unsaturated/α-hetero) is 1. The molecule has 1 aromatic rings. The van der Waals surface area contributed by atoms with Crippen LogP contribution in [0.1, 0.15) is 18.4 Å². The summed E-state index contributed by atoms with van der Waals surface area (Å²) in [6.45, 7) is 0. The highest BCUT2D eigenvalue weighted by Crippen LogP contribution is 2.30. The van der Waals surface area contributed by atoms with E-state index in [1.54, 1.807) is 11.8 Å². The van der Waals surface area contributed by atoms with E-state index < -0.39 is 6.10 Å². The number of rotatable bonds is 3. The van der Waals surface area contributed by atoms with Crippen LogP contribution in [0.4, 0.5) is 0 Å². The molecule has 1 N–H and O–H groups in total. The van der Waals surface area contributed by atoms with Crippen LogP contribution in [-0.2, 0) is 10.5 Å². The van der Waals surface area contributed by atoms with E-state index in [-0.39, 0.29) is 11.0 Å². The molecule has 1 fully saturated rings. The molecule has 1 aliphatic rings. The highest BCUT2D eigenvalue weighted by molar-refractivity contribution is 7.99. The molecule has 1 aromatic carbocycles. The second-order valence-electron chi connectivity index (χ2n) is 3.85. The number of aliphatic hydroxyl groups is 1. The Morgan fingerprint density at radius 2 is 2.00 bits per heavy atom. The average Bonchev–Trinajstić information content (AvgIpc) is 2.56. The van der Waals surface area contributed by atoms with Crippen molar-refractivity contribution in [1.29, 1.82) is 0 Å². The molecular weight excluding hydrogens is 208 g/mol. The van der Waals surface area contributed by atoms with Gasteiger partial charge in [-0.05, 0) is 5.56 Å². The van der Waals surface area contributed by atoms with E-state index in [0.29, 0.717) is 12.8 Å². The van der Waals surface area contributed by atoms with E-state index >= 15 is 0 Å². The SMILES string of the molecule is O=C1C[C@H](O)[C@H](SCc2ccccc2)C1. The first-order valence-corrected chi connectivity index (χ1v) is 6.16. The summed E-state index contributed by atoms with van der Waals surface area (Å²) in [5.41, 5.74) is 1.24. The lowest BCUT2D eigenvalue weighted by Crippen LogP contribution is -2.15. The molecule has 15 heavy (non-hydrogen) atoms. The molecule has 80 valence electrons. The molecule has 2 rings (SSSR count). The highest BCUT2D eigenvalue weighted by Gasteiger charge is 2.31. The Hall–Kier alpha value is -0.800. The molecular formula is C12H14O2S. The van der Waals surface area contributed by atoms with Gasteiger partial charge in [0.2, 0.25) is 0 Å². The van der Waals surface area contributed by atoms with Crippen molar-refractivity contribution in [2.24, 2.45) is 0 Å². The van der Waals surface area contributed by atoms with Crippen LogP contribution in [0.2, 0.25) is 0 Å². The second-order valence-corrected chi connectivity index (χ2v) is 5.08. The summed E-state index contributed by atoms with van der Waals surface area (Å²) in [7, 11) is 0. The topological polar surface area (TPSA) is 37.3 Å². The van der Waals surface area contributed by atoms with E-state index in [1.807, 2.05) is 18.2 Å². The minimum atomic E-state index is -0.439. The van der Waals surface area contributed by atoms with Crippen molar-refractivity contribution in [2.75, 3.05) is 0 Å². The van der Waals surface area contributed by atoms with Gasteiger partial charge < -0.3 is 5.11 Å². The number of hydrogen-bond acceptors (Lipinski definition) is 3. The van der Waals surface area contributed by atoms with Gasteiger partial charge in [0, 0.05) is 23.8 Å². The van der Waals surface area contributed by atoms with Crippen molar-refractivity contribution < 1.29 is 9.90 Å². The van der Waals surface area contributed by atoms with Gasteiger partial charge in [-0.2, -0.15) is 11.8 Å². The average molecular weight is 222 g/mol. The van der Waals surface area contributed by atoms with Gasteiger partial charge in [-0.25, -0.2) is 0 Å². The number of benzene rings is 1. The van der Waals surface area contributed by atoms with Gasteiger partial charge in [0.1, 0.15) is 5.78 Å². The highest BCUT2D eigenvalue weighted by atomic mass is 32.2. The number of hydrogen-bond donors (Lipinski definition) is 1. The molecule has 3 heteroatoms. The van der Waals surface area contributed by atoms with Crippen molar-refractivity contribution >= 4 is 17.5 Å². The molecule has 0 radical (unpaired) electrons. The lowest BCUT2D eigenvalue weighted by molar-refractivity contribution is -0.117. The van der Waals surface area contributed by atoms with Gasteiger partial charge in [-0.3, -0.25) is 4.79 Å². The van der Waals surface area contributed by atoms with Crippen molar-refractivity contribution in [3.8, 4) is 0 Å². The number of aliphatic hydroxyl groups excluding tert-OH is 1. The molecule has 2 atom stereocenters. The number of carbonyl (C=O) groups is 1. The molecule has 0 amide bonds. The van der Waals surface area contributed by atoms with Gasteiger partial charge in [-0.1, -0.05) is 30.3 Å². The van der Waals surface area contributed by atoms with Crippen molar-refractivity contribution in [3.05, 3.63) is 35.9 Å². The zero-order valence-electron chi connectivity index (χ0n) is 8.43. The molecule has 0 unspecified atom stereocenters. The smallest absolute Gasteiger partial charge is 0.136 e. The number of thioether (sulfide) groups is 1. The fourth-order valence-electron chi connectivity index (χ4n) is 1.76. The van der Waals surface area contributed by atoms with Crippen LogP contribution >= 0.6 is 11.8 Å². The van der Waals surface area contributed by atoms with Crippen LogP contribution in [0.25, 0.3) is 0 Å². The normalized spacial score (nSPS) is 25.8. The monoisotopic (exact) mass is 222 g/mol. The van der Waals surface area contributed by atoms with E-state index in [1.165, 1.54) is 5.56 Å². The summed E-state index contributed by atoms with van der Waals surface area (Å²) >= 11 is 1.68. The molecule has 0 spiro atoms. The minimum absolute atomic E-state index is 0.0951.